The minimum absolute atomic E-state index is 0.304. The fourth-order valence-electron chi connectivity index (χ4n) is 2.11. The van der Waals surface area contributed by atoms with Crippen LogP contribution in [0.3, 0.4) is 0 Å². The molecule has 1 amide bonds. The van der Waals surface area contributed by atoms with Crippen LogP contribution in [0.25, 0.3) is 11.3 Å². The summed E-state index contributed by atoms with van der Waals surface area (Å²) in [5.74, 6) is 0.970. The van der Waals surface area contributed by atoms with Crippen LogP contribution in [0.15, 0.2) is 68.8 Å². The quantitative estimate of drug-likeness (QED) is 0.542. The number of hydrazone groups is 1. The molecular formula is C18H14BrN3O2. The van der Waals surface area contributed by atoms with Crippen molar-refractivity contribution in [3.8, 4) is 11.3 Å². The van der Waals surface area contributed by atoms with Gasteiger partial charge in [0.15, 0.2) is 0 Å². The summed E-state index contributed by atoms with van der Waals surface area (Å²) in [6, 6.07) is 12.9. The number of benzene rings is 1. The minimum Gasteiger partial charge on any atom is -0.455 e. The van der Waals surface area contributed by atoms with E-state index in [2.05, 4.69) is 31.4 Å². The summed E-state index contributed by atoms with van der Waals surface area (Å²) in [4.78, 5) is 15.7. The number of carbonyl (C=O) groups excluding carboxylic acids is 1. The molecule has 5 nitrogen and oxygen atoms in total. The molecule has 0 aliphatic heterocycles. The number of pyridine rings is 1. The third kappa shape index (κ3) is 3.78. The van der Waals surface area contributed by atoms with E-state index in [1.807, 2.05) is 31.2 Å². The number of hydrogen-bond donors (Lipinski definition) is 1. The van der Waals surface area contributed by atoms with Gasteiger partial charge in [0.25, 0.3) is 5.91 Å². The van der Waals surface area contributed by atoms with Crippen molar-refractivity contribution in [2.75, 3.05) is 0 Å². The lowest BCUT2D eigenvalue weighted by Gasteiger charge is -2.02. The third-order valence-electron chi connectivity index (χ3n) is 3.32. The second-order valence-electron chi connectivity index (χ2n) is 5.12. The van der Waals surface area contributed by atoms with Gasteiger partial charge in [-0.05, 0) is 48.9 Å². The summed E-state index contributed by atoms with van der Waals surface area (Å²) in [6.45, 7) is 2.03. The van der Waals surface area contributed by atoms with Gasteiger partial charge in [0.2, 0.25) is 0 Å². The van der Waals surface area contributed by atoms with E-state index >= 15 is 0 Å². The lowest BCUT2D eigenvalue weighted by molar-refractivity contribution is 0.0955. The summed E-state index contributed by atoms with van der Waals surface area (Å²) in [5.41, 5.74) is 5.06. The van der Waals surface area contributed by atoms with Gasteiger partial charge in [0.05, 0.1) is 6.21 Å². The van der Waals surface area contributed by atoms with Gasteiger partial charge >= 0.3 is 0 Å². The molecule has 120 valence electrons. The van der Waals surface area contributed by atoms with Crippen LogP contribution in [-0.2, 0) is 0 Å². The fraction of sp³-hybridized carbons (Fsp3) is 0.0556. The van der Waals surface area contributed by atoms with Gasteiger partial charge in [-0.1, -0.05) is 22.0 Å². The van der Waals surface area contributed by atoms with E-state index in [1.165, 1.54) is 6.21 Å². The Bertz CT molecular complexity index is 888. The first-order chi connectivity index (χ1) is 11.6. The van der Waals surface area contributed by atoms with E-state index in [0.29, 0.717) is 11.3 Å². The van der Waals surface area contributed by atoms with E-state index in [4.69, 9.17) is 4.42 Å². The second-order valence-corrected chi connectivity index (χ2v) is 5.97. The first-order valence-electron chi connectivity index (χ1n) is 7.23. The van der Waals surface area contributed by atoms with Crippen LogP contribution in [0, 0.1) is 6.92 Å². The second kappa shape index (κ2) is 7.23. The number of nitrogens with zero attached hydrogens (tertiary/aromatic N) is 2. The molecule has 0 unspecified atom stereocenters. The van der Waals surface area contributed by atoms with Crippen LogP contribution in [-0.4, -0.2) is 17.1 Å². The zero-order valence-corrected chi connectivity index (χ0v) is 14.4. The van der Waals surface area contributed by atoms with Crippen molar-refractivity contribution >= 4 is 28.1 Å². The van der Waals surface area contributed by atoms with Crippen LogP contribution >= 0.6 is 15.9 Å². The Labute approximate surface area is 147 Å². The number of carbonyl (C=O) groups is 1. The number of rotatable bonds is 4. The van der Waals surface area contributed by atoms with Crippen LogP contribution in [0.4, 0.5) is 0 Å². The van der Waals surface area contributed by atoms with E-state index in [0.717, 1.165) is 21.4 Å². The Morgan fingerprint density at radius 1 is 1.21 bits per heavy atom. The summed E-state index contributed by atoms with van der Waals surface area (Å²) in [5, 5.41) is 3.91. The topological polar surface area (TPSA) is 67.5 Å². The maximum absolute atomic E-state index is 11.8. The van der Waals surface area contributed by atoms with Gasteiger partial charge in [-0.25, -0.2) is 5.43 Å². The van der Waals surface area contributed by atoms with Crippen LogP contribution in [0.2, 0.25) is 0 Å². The molecule has 0 saturated carbocycles. The smallest absolute Gasteiger partial charge is 0.271 e. The van der Waals surface area contributed by atoms with Gasteiger partial charge < -0.3 is 4.42 Å². The molecule has 0 aliphatic carbocycles. The van der Waals surface area contributed by atoms with Gasteiger partial charge in [-0.3, -0.25) is 9.78 Å². The Morgan fingerprint density at radius 2 is 2.00 bits per heavy atom. The predicted octanol–water partition coefficient (Wildman–Crippen LogP) is 4.18. The highest BCUT2D eigenvalue weighted by Crippen LogP contribution is 2.30. The van der Waals surface area contributed by atoms with Crippen molar-refractivity contribution in [1.29, 1.82) is 0 Å². The van der Waals surface area contributed by atoms with E-state index in [-0.39, 0.29) is 5.91 Å². The van der Waals surface area contributed by atoms with Gasteiger partial charge in [0, 0.05) is 28.0 Å². The van der Waals surface area contributed by atoms with Gasteiger partial charge in [0.1, 0.15) is 11.5 Å². The molecule has 0 atom stereocenters. The van der Waals surface area contributed by atoms with E-state index in [1.54, 1.807) is 30.6 Å². The SMILES string of the molecule is Cc1ccc(-c2ccc(/C=N/NC(=O)c3ccncc3)o2)c(Br)c1. The highest BCUT2D eigenvalue weighted by molar-refractivity contribution is 9.10. The molecule has 2 aromatic heterocycles. The van der Waals surface area contributed by atoms with Crippen molar-refractivity contribution in [1.82, 2.24) is 10.4 Å². The zero-order chi connectivity index (χ0) is 16.9. The maximum Gasteiger partial charge on any atom is 0.271 e. The third-order valence-corrected chi connectivity index (χ3v) is 3.97. The zero-order valence-electron chi connectivity index (χ0n) is 12.9. The molecule has 2 heterocycles. The summed E-state index contributed by atoms with van der Waals surface area (Å²) < 4.78 is 6.70. The molecule has 3 aromatic rings. The molecule has 3 rings (SSSR count). The van der Waals surface area contributed by atoms with Crippen molar-refractivity contribution in [2.24, 2.45) is 5.10 Å². The van der Waals surface area contributed by atoms with Crippen molar-refractivity contribution in [3.63, 3.8) is 0 Å². The van der Waals surface area contributed by atoms with Crippen LogP contribution < -0.4 is 5.43 Å². The van der Waals surface area contributed by atoms with E-state index < -0.39 is 0 Å². The molecule has 24 heavy (non-hydrogen) atoms. The predicted molar refractivity (Wildman–Crippen MR) is 95.9 cm³/mol. The Kier molecular flexibility index (Phi) is 4.86. The van der Waals surface area contributed by atoms with Gasteiger partial charge in [-0.15, -0.1) is 0 Å². The number of furan rings is 1. The number of hydrogen-bond acceptors (Lipinski definition) is 4. The molecule has 0 spiro atoms. The molecule has 1 aromatic carbocycles. The molecule has 1 N–H and O–H groups in total. The normalized spacial score (nSPS) is 10.9. The lowest BCUT2D eigenvalue weighted by Crippen LogP contribution is -2.17. The van der Waals surface area contributed by atoms with Crippen LogP contribution in [0.5, 0.6) is 0 Å². The number of halogens is 1. The van der Waals surface area contributed by atoms with Gasteiger partial charge in [-0.2, -0.15) is 5.10 Å². The Morgan fingerprint density at radius 3 is 2.75 bits per heavy atom. The Balaban J connectivity index is 1.69. The first kappa shape index (κ1) is 16.1. The summed E-state index contributed by atoms with van der Waals surface area (Å²) in [6.07, 6.45) is 4.57. The largest absolute Gasteiger partial charge is 0.455 e. The average molecular weight is 384 g/mol. The lowest BCUT2D eigenvalue weighted by atomic mass is 10.1. The van der Waals surface area contributed by atoms with Crippen LogP contribution in [0.1, 0.15) is 21.7 Å². The molecule has 0 saturated heterocycles. The summed E-state index contributed by atoms with van der Waals surface area (Å²) in [7, 11) is 0. The van der Waals surface area contributed by atoms with Crippen molar-refractivity contribution in [2.45, 2.75) is 6.92 Å². The highest BCUT2D eigenvalue weighted by atomic mass is 79.9. The molecule has 0 aliphatic rings. The number of aromatic nitrogens is 1. The monoisotopic (exact) mass is 383 g/mol. The standard InChI is InChI=1S/C18H14BrN3O2/c1-12-2-4-15(16(19)10-12)17-5-3-14(24-17)11-21-22-18(23)13-6-8-20-9-7-13/h2-11H,1H3,(H,22,23)/b21-11+. The molecule has 6 heteroatoms. The Hall–Kier alpha value is -2.73. The molecule has 0 fully saturated rings. The van der Waals surface area contributed by atoms with Crippen molar-refractivity contribution in [3.05, 3.63) is 76.2 Å². The average Bonchev–Trinajstić information content (AvgIpc) is 3.04. The number of nitrogens with one attached hydrogen (secondary N) is 1. The van der Waals surface area contributed by atoms with E-state index in [9.17, 15) is 4.79 Å². The maximum atomic E-state index is 11.8. The molecule has 0 bridgehead atoms. The summed E-state index contributed by atoms with van der Waals surface area (Å²) >= 11 is 3.53. The van der Waals surface area contributed by atoms with Crippen molar-refractivity contribution < 1.29 is 9.21 Å². The number of amides is 1. The number of aryl methyl sites for hydroxylation is 1. The molecule has 0 radical (unpaired) electrons. The molecular weight excluding hydrogens is 370 g/mol. The first-order valence-corrected chi connectivity index (χ1v) is 8.02. The fourth-order valence-corrected chi connectivity index (χ4v) is 2.80. The minimum atomic E-state index is -0.304. The highest BCUT2D eigenvalue weighted by Gasteiger charge is 2.08.